The lowest BCUT2D eigenvalue weighted by Gasteiger charge is -2.21. The molecule has 2 aliphatic heterocycles. The van der Waals surface area contributed by atoms with Crippen LogP contribution in [-0.4, -0.2) is 45.1 Å². The molecule has 7 heteroatoms. The number of anilines is 1. The number of urea groups is 1. The number of hydrogen-bond donors (Lipinski definition) is 1. The van der Waals surface area contributed by atoms with E-state index in [1.807, 2.05) is 0 Å². The number of sulfone groups is 1. The largest absolute Gasteiger partial charge is 0.497 e. The van der Waals surface area contributed by atoms with Crippen molar-refractivity contribution in [1.82, 2.24) is 5.32 Å². The van der Waals surface area contributed by atoms with Gasteiger partial charge in [-0.3, -0.25) is 4.90 Å². The van der Waals surface area contributed by atoms with Crippen molar-refractivity contribution in [3.63, 3.8) is 0 Å². The zero-order valence-electron chi connectivity index (χ0n) is 10.4. The molecule has 2 saturated heterocycles. The summed E-state index contributed by atoms with van der Waals surface area (Å²) in [5.41, 5.74) is 0.683. The minimum absolute atomic E-state index is 0.0163. The molecular weight excluding hydrogens is 268 g/mol. The summed E-state index contributed by atoms with van der Waals surface area (Å²) in [5, 5.41) is 2.73. The molecule has 1 N–H and O–H groups in total. The minimum Gasteiger partial charge on any atom is -0.497 e. The molecule has 0 bridgehead atoms. The Morgan fingerprint density at radius 3 is 2.58 bits per heavy atom. The Kier molecular flexibility index (Phi) is 2.67. The predicted molar refractivity (Wildman–Crippen MR) is 70.2 cm³/mol. The molecule has 2 fully saturated rings. The van der Waals surface area contributed by atoms with E-state index in [9.17, 15) is 13.2 Å². The van der Waals surface area contributed by atoms with Crippen molar-refractivity contribution in [1.29, 1.82) is 0 Å². The Morgan fingerprint density at radius 1 is 1.26 bits per heavy atom. The van der Waals surface area contributed by atoms with E-state index in [-0.39, 0.29) is 29.6 Å². The first-order valence-corrected chi connectivity index (χ1v) is 7.76. The number of rotatable bonds is 2. The first-order chi connectivity index (χ1) is 9.00. The van der Waals surface area contributed by atoms with Gasteiger partial charge in [0.15, 0.2) is 9.84 Å². The summed E-state index contributed by atoms with van der Waals surface area (Å²) in [5.74, 6) is 0.734. The van der Waals surface area contributed by atoms with Gasteiger partial charge in [0.25, 0.3) is 0 Å². The molecule has 3 rings (SSSR count). The predicted octanol–water partition coefficient (Wildman–Crippen LogP) is 0.390. The molecule has 102 valence electrons. The smallest absolute Gasteiger partial charge is 0.322 e. The number of nitrogens with zero attached hydrogens (tertiary/aromatic N) is 1. The van der Waals surface area contributed by atoms with Crippen molar-refractivity contribution in [2.24, 2.45) is 0 Å². The first-order valence-electron chi connectivity index (χ1n) is 5.94. The summed E-state index contributed by atoms with van der Waals surface area (Å²) in [6, 6.07) is 6.15. The molecule has 0 saturated carbocycles. The summed E-state index contributed by atoms with van der Waals surface area (Å²) < 4.78 is 28.3. The van der Waals surface area contributed by atoms with Crippen LogP contribution in [0.2, 0.25) is 0 Å². The number of methoxy groups -OCH3 is 1. The molecule has 6 nitrogen and oxygen atoms in total. The Morgan fingerprint density at radius 2 is 1.95 bits per heavy atom. The molecule has 19 heavy (non-hydrogen) atoms. The lowest BCUT2D eigenvalue weighted by molar-refractivity contribution is 0.251. The number of carbonyl (C=O) groups excluding carboxylic acids is 1. The Balaban J connectivity index is 1.92. The summed E-state index contributed by atoms with van der Waals surface area (Å²) in [6.45, 7) is 0. The molecule has 2 amide bonds. The zero-order valence-corrected chi connectivity index (χ0v) is 11.2. The van der Waals surface area contributed by atoms with E-state index in [1.165, 1.54) is 4.90 Å². The molecule has 2 heterocycles. The number of carbonyl (C=O) groups is 1. The molecule has 1 aromatic rings. The molecule has 2 atom stereocenters. The fraction of sp³-hybridized carbons (Fsp3) is 0.417. The number of fused-ring (bicyclic) bond motifs is 1. The van der Waals surface area contributed by atoms with Crippen LogP contribution in [0.4, 0.5) is 10.5 Å². The minimum atomic E-state index is -3.06. The van der Waals surface area contributed by atoms with Crippen molar-refractivity contribution >= 4 is 21.6 Å². The van der Waals surface area contributed by atoms with Crippen LogP contribution in [0.1, 0.15) is 0 Å². The third-order valence-corrected chi connectivity index (χ3v) is 5.25. The van der Waals surface area contributed by atoms with Crippen molar-refractivity contribution in [2.45, 2.75) is 12.1 Å². The maximum Gasteiger partial charge on any atom is 0.322 e. The molecular formula is C12H14N2O4S. The molecule has 1 aromatic carbocycles. The molecule has 0 unspecified atom stereocenters. The lowest BCUT2D eigenvalue weighted by atomic mass is 10.1. The summed E-state index contributed by atoms with van der Waals surface area (Å²) in [6.07, 6.45) is 0. The molecule has 0 aromatic heterocycles. The van der Waals surface area contributed by atoms with Crippen LogP contribution < -0.4 is 15.0 Å². The van der Waals surface area contributed by atoms with Crippen molar-refractivity contribution in [3.05, 3.63) is 24.3 Å². The number of ether oxygens (including phenoxy) is 1. The summed E-state index contributed by atoms with van der Waals surface area (Å²) >= 11 is 0. The highest BCUT2D eigenvalue weighted by molar-refractivity contribution is 7.91. The average molecular weight is 282 g/mol. The number of benzene rings is 1. The second-order valence-corrected chi connectivity index (χ2v) is 6.92. The summed E-state index contributed by atoms with van der Waals surface area (Å²) in [4.78, 5) is 13.5. The fourth-order valence-corrected chi connectivity index (χ4v) is 4.54. The fourth-order valence-electron chi connectivity index (χ4n) is 2.65. The third-order valence-electron chi connectivity index (χ3n) is 3.53. The van der Waals surface area contributed by atoms with Crippen molar-refractivity contribution in [2.75, 3.05) is 23.5 Å². The SMILES string of the molecule is COc1ccc(N2C(=O)N[C@@H]3CS(=O)(=O)C[C@H]32)cc1. The monoisotopic (exact) mass is 282 g/mol. The van der Waals surface area contributed by atoms with E-state index in [2.05, 4.69) is 5.32 Å². The molecule has 2 aliphatic rings. The van der Waals surface area contributed by atoms with Crippen LogP contribution in [0.15, 0.2) is 24.3 Å². The van der Waals surface area contributed by atoms with Gasteiger partial charge in [-0.15, -0.1) is 0 Å². The lowest BCUT2D eigenvalue weighted by Crippen LogP contribution is -2.36. The first kappa shape index (κ1) is 12.3. The van der Waals surface area contributed by atoms with Gasteiger partial charge in [0, 0.05) is 5.69 Å². The van der Waals surface area contributed by atoms with Gasteiger partial charge in [-0.05, 0) is 24.3 Å². The van der Waals surface area contributed by atoms with Gasteiger partial charge in [0.05, 0.1) is 30.7 Å². The van der Waals surface area contributed by atoms with Gasteiger partial charge in [0.2, 0.25) is 0 Å². The van der Waals surface area contributed by atoms with Gasteiger partial charge in [-0.1, -0.05) is 0 Å². The van der Waals surface area contributed by atoms with Gasteiger partial charge in [-0.2, -0.15) is 0 Å². The molecule has 0 radical (unpaired) electrons. The maximum absolute atomic E-state index is 11.9. The number of amides is 2. The Labute approximate surface area is 111 Å². The standard InChI is InChI=1S/C12H14N2O4S/c1-18-9-4-2-8(3-5-9)14-11-7-19(16,17)6-10(11)13-12(14)15/h2-5,10-11H,6-7H2,1H3,(H,13,15)/t10-,11-/m1/s1. The average Bonchev–Trinajstić information content (AvgIpc) is 2.79. The van der Waals surface area contributed by atoms with Gasteiger partial charge >= 0.3 is 6.03 Å². The van der Waals surface area contributed by atoms with E-state index in [0.29, 0.717) is 11.4 Å². The van der Waals surface area contributed by atoms with Crippen LogP contribution in [0.3, 0.4) is 0 Å². The highest BCUT2D eigenvalue weighted by Gasteiger charge is 2.49. The Bertz CT molecular complexity index is 611. The van der Waals surface area contributed by atoms with Gasteiger partial charge in [-0.25, -0.2) is 13.2 Å². The van der Waals surface area contributed by atoms with Gasteiger partial charge < -0.3 is 10.1 Å². The van der Waals surface area contributed by atoms with Crippen LogP contribution in [-0.2, 0) is 9.84 Å². The van der Waals surface area contributed by atoms with E-state index >= 15 is 0 Å². The number of hydrogen-bond acceptors (Lipinski definition) is 4. The topological polar surface area (TPSA) is 75.7 Å². The van der Waals surface area contributed by atoms with E-state index in [1.54, 1.807) is 31.4 Å². The Hall–Kier alpha value is -1.76. The van der Waals surface area contributed by atoms with Crippen LogP contribution in [0, 0.1) is 0 Å². The normalized spacial score (nSPS) is 28.1. The van der Waals surface area contributed by atoms with Crippen LogP contribution >= 0.6 is 0 Å². The zero-order chi connectivity index (χ0) is 13.6. The number of nitrogens with one attached hydrogen (secondary N) is 1. The van der Waals surface area contributed by atoms with Crippen LogP contribution in [0.5, 0.6) is 5.75 Å². The van der Waals surface area contributed by atoms with Crippen molar-refractivity contribution < 1.29 is 17.9 Å². The molecule has 0 spiro atoms. The van der Waals surface area contributed by atoms with Crippen LogP contribution in [0.25, 0.3) is 0 Å². The second kappa shape index (κ2) is 4.12. The highest BCUT2D eigenvalue weighted by Crippen LogP contribution is 2.30. The highest BCUT2D eigenvalue weighted by atomic mass is 32.2. The van der Waals surface area contributed by atoms with E-state index in [0.717, 1.165) is 0 Å². The third kappa shape index (κ3) is 2.03. The summed E-state index contributed by atoms with van der Waals surface area (Å²) in [7, 11) is -1.50. The molecule has 0 aliphatic carbocycles. The second-order valence-electron chi connectivity index (χ2n) is 4.77. The quantitative estimate of drug-likeness (QED) is 0.796. The van der Waals surface area contributed by atoms with E-state index in [4.69, 9.17) is 4.74 Å². The van der Waals surface area contributed by atoms with Crippen molar-refractivity contribution in [3.8, 4) is 5.75 Å². The van der Waals surface area contributed by atoms with E-state index < -0.39 is 9.84 Å². The maximum atomic E-state index is 11.9. The van der Waals surface area contributed by atoms with Gasteiger partial charge in [0.1, 0.15) is 5.75 Å².